The molecule has 4 heterocycles. The number of benzene rings is 1. The number of oxazole rings is 1. The zero-order valence-corrected chi connectivity index (χ0v) is 21.0. The summed E-state index contributed by atoms with van der Waals surface area (Å²) in [6, 6.07) is 7.35. The summed E-state index contributed by atoms with van der Waals surface area (Å²) in [5.74, 6) is 4.06. The lowest BCUT2D eigenvalue weighted by Crippen LogP contribution is -2.40. The van der Waals surface area contributed by atoms with Gasteiger partial charge in [-0.15, -0.1) is 10.2 Å². The molecule has 176 valence electrons. The molecule has 0 radical (unpaired) electrons. The lowest BCUT2D eigenvalue weighted by Gasteiger charge is -2.34. The number of thioether (sulfide) groups is 1. The lowest BCUT2D eigenvalue weighted by atomic mass is 9.83. The van der Waals surface area contributed by atoms with Gasteiger partial charge in [-0.2, -0.15) is 0 Å². The SMILES string of the molecule is Cc1nc(-c2nnc(SCCCN3CCC4c5ccc(C(C)(C)C)cc5OCC43)n2C)co1. The molecule has 33 heavy (non-hydrogen) atoms. The first kappa shape index (κ1) is 22.5. The molecule has 2 aliphatic rings. The van der Waals surface area contributed by atoms with Gasteiger partial charge in [-0.25, -0.2) is 4.98 Å². The molecule has 8 heteroatoms. The monoisotopic (exact) mass is 467 g/mol. The third-order valence-electron chi connectivity index (χ3n) is 6.85. The number of ether oxygens (including phenoxy) is 1. The van der Waals surface area contributed by atoms with E-state index in [1.165, 1.54) is 17.5 Å². The number of nitrogens with zero attached hydrogens (tertiary/aromatic N) is 5. The van der Waals surface area contributed by atoms with Crippen molar-refractivity contribution < 1.29 is 9.15 Å². The highest BCUT2D eigenvalue weighted by atomic mass is 32.2. The van der Waals surface area contributed by atoms with E-state index in [9.17, 15) is 0 Å². The fourth-order valence-electron chi connectivity index (χ4n) is 4.95. The van der Waals surface area contributed by atoms with Crippen molar-refractivity contribution in [1.82, 2.24) is 24.6 Å². The Morgan fingerprint density at radius 3 is 2.82 bits per heavy atom. The summed E-state index contributed by atoms with van der Waals surface area (Å²) in [5.41, 5.74) is 3.61. The molecule has 2 aromatic heterocycles. The van der Waals surface area contributed by atoms with E-state index >= 15 is 0 Å². The van der Waals surface area contributed by atoms with Gasteiger partial charge in [-0.05, 0) is 48.5 Å². The Balaban J connectivity index is 1.16. The summed E-state index contributed by atoms with van der Waals surface area (Å²) in [7, 11) is 1.98. The van der Waals surface area contributed by atoms with Gasteiger partial charge >= 0.3 is 0 Å². The van der Waals surface area contributed by atoms with Gasteiger partial charge in [0, 0.05) is 25.6 Å². The van der Waals surface area contributed by atoms with Crippen molar-refractivity contribution in [3.8, 4) is 17.3 Å². The third-order valence-corrected chi connectivity index (χ3v) is 7.96. The molecule has 3 aromatic rings. The van der Waals surface area contributed by atoms with Crippen LogP contribution in [0.25, 0.3) is 11.5 Å². The van der Waals surface area contributed by atoms with Crippen LogP contribution in [-0.2, 0) is 12.5 Å². The van der Waals surface area contributed by atoms with E-state index in [1.807, 2.05) is 18.5 Å². The van der Waals surface area contributed by atoms with Crippen LogP contribution in [0.5, 0.6) is 5.75 Å². The third kappa shape index (κ3) is 4.43. The number of aromatic nitrogens is 4. The van der Waals surface area contributed by atoms with Crippen molar-refractivity contribution in [2.75, 3.05) is 25.4 Å². The highest BCUT2D eigenvalue weighted by molar-refractivity contribution is 7.99. The molecule has 2 aliphatic heterocycles. The Kier molecular flexibility index (Phi) is 5.99. The normalized spacial score (nSPS) is 20.5. The minimum Gasteiger partial charge on any atom is -0.492 e. The Morgan fingerprint density at radius 1 is 1.21 bits per heavy atom. The van der Waals surface area contributed by atoms with E-state index < -0.39 is 0 Å². The van der Waals surface area contributed by atoms with Gasteiger partial charge in [-0.1, -0.05) is 44.7 Å². The standard InChI is InChI=1S/C25H33N5O2S/c1-16-26-20(14-31-16)23-27-28-24(29(23)5)33-12-6-10-30-11-9-18-19-8-7-17(25(2,3)4)13-22(19)32-15-21(18)30/h7-8,13-14,18,21H,6,9-12,15H2,1-5H3. The zero-order valence-electron chi connectivity index (χ0n) is 20.2. The van der Waals surface area contributed by atoms with E-state index in [2.05, 4.69) is 59.1 Å². The molecule has 7 nitrogen and oxygen atoms in total. The second-order valence-electron chi connectivity index (χ2n) is 10.1. The maximum atomic E-state index is 6.26. The predicted molar refractivity (Wildman–Crippen MR) is 130 cm³/mol. The molecule has 0 saturated carbocycles. The van der Waals surface area contributed by atoms with Gasteiger partial charge in [-0.3, -0.25) is 4.90 Å². The van der Waals surface area contributed by atoms with Gasteiger partial charge in [0.25, 0.3) is 0 Å². The van der Waals surface area contributed by atoms with E-state index in [-0.39, 0.29) is 5.41 Å². The topological polar surface area (TPSA) is 69.2 Å². The lowest BCUT2D eigenvalue weighted by molar-refractivity contribution is 0.147. The van der Waals surface area contributed by atoms with Crippen molar-refractivity contribution in [3.05, 3.63) is 41.5 Å². The quantitative estimate of drug-likeness (QED) is 0.381. The molecule has 0 amide bonds. The number of hydrogen-bond acceptors (Lipinski definition) is 7. The van der Waals surface area contributed by atoms with E-state index in [1.54, 1.807) is 18.0 Å². The largest absolute Gasteiger partial charge is 0.492 e. The molecule has 0 aliphatic carbocycles. The van der Waals surface area contributed by atoms with Crippen LogP contribution < -0.4 is 4.74 Å². The Bertz CT molecular complexity index is 1130. The number of rotatable bonds is 6. The van der Waals surface area contributed by atoms with Gasteiger partial charge in [0.1, 0.15) is 24.3 Å². The summed E-state index contributed by atoms with van der Waals surface area (Å²) in [6.07, 6.45) is 3.95. The van der Waals surface area contributed by atoms with Crippen molar-refractivity contribution in [2.24, 2.45) is 7.05 Å². The highest BCUT2D eigenvalue weighted by Crippen LogP contribution is 2.43. The molecule has 0 bridgehead atoms. The highest BCUT2D eigenvalue weighted by Gasteiger charge is 2.39. The van der Waals surface area contributed by atoms with E-state index in [4.69, 9.17) is 9.15 Å². The molecule has 2 unspecified atom stereocenters. The van der Waals surface area contributed by atoms with Gasteiger partial charge in [0.05, 0.1) is 6.04 Å². The van der Waals surface area contributed by atoms with Crippen LogP contribution in [0.2, 0.25) is 0 Å². The summed E-state index contributed by atoms with van der Waals surface area (Å²) < 4.78 is 13.6. The van der Waals surface area contributed by atoms with Crippen molar-refractivity contribution in [1.29, 1.82) is 0 Å². The Morgan fingerprint density at radius 2 is 2.06 bits per heavy atom. The minimum absolute atomic E-state index is 0.145. The minimum atomic E-state index is 0.145. The first-order chi connectivity index (χ1) is 15.8. The van der Waals surface area contributed by atoms with Crippen LogP contribution in [0.4, 0.5) is 0 Å². The Labute approximate surface area is 199 Å². The predicted octanol–water partition coefficient (Wildman–Crippen LogP) is 4.81. The molecule has 0 spiro atoms. The van der Waals surface area contributed by atoms with Gasteiger partial charge < -0.3 is 13.7 Å². The van der Waals surface area contributed by atoms with Crippen molar-refractivity contribution in [2.45, 2.75) is 63.1 Å². The number of hydrogen-bond donors (Lipinski definition) is 0. The van der Waals surface area contributed by atoms with Crippen LogP contribution in [0.3, 0.4) is 0 Å². The molecular formula is C25H33N5O2S. The molecule has 1 fully saturated rings. The second kappa shape index (κ2) is 8.80. The van der Waals surface area contributed by atoms with Gasteiger partial charge in [0.2, 0.25) is 0 Å². The van der Waals surface area contributed by atoms with Crippen LogP contribution in [0, 0.1) is 6.92 Å². The first-order valence-corrected chi connectivity index (χ1v) is 12.8. The smallest absolute Gasteiger partial charge is 0.191 e. The zero-order chi connectivity index (χ0) is 23.2. The second-order valence-corrected chi connectivity index (χ2v) is 11.2. The van der Waals surface area contributed by atoms with Crippen molar-refractivity contribution in [3.63, 3.8) is 0 Å². The first-order valence-electron chi connectivity index (χ1n) is 11.8. The average molecular weight is 468 g/mol. The van der Waals surface area contributed by atoms with Crippen LogP contribution in [0.1, 0.15) is 56.5 Å². The number of fused-ring (bicyclic) bond motifs is 3. The summed E-state index contributed by atoms with van der Waals surface area (Å²) in [5, 5.41) is 9.55. The van der Waals surface area contributed by atoms with Gasteiger partial charge in [0.15, 0.2) is 16.9 Å². The fraction of sp³-hybridized carbons (Fsp3) is 0.560. The molecular weight excluding hydrogens is 434 g/mol. The molecule has 0 N–H and O–H groups in total. The maximum Gasteiger partial charge on any atom is 0.191 e. The molecule has 5 rings (SSSR count). The number of aryl methyl sites for hydroxylation is 1. The Hall–Kier alpha value is -2.32. The van der Waals surface area contributed by atoms with E-state index in [0.29, 0.717) is 17.9 Å². The van der Waals surface area contributed by atoms with E-state index in [0.717, 1.165) is 54.3 Å². The van der Waals surface area contributed by atoms with Crippen LogP contribution >= 0.6 is 11.8 Å². The molecule has 1 saturated heterocycles. The molecule has 1 aromatic carbocycles. The summed E-state index contributed by atoms with van der Waals surface area (Å²) in [6.45, 7) is 11.6. The van der Waals surface area contributed by atoms with Crippen LogP contribution in [0.15, 0.2) is 34.0 Å². The average Bonchev–Trinajstić information content (AvgIpc) is 3.49. The summed E-state index contributed by atoms with van der Waals surface area (Å²) >= 11 is 1.75. The van der Waals surface area contributed by atoms with Crippen LogP contribution in [-0.4, -0.2) is 56.1 Å². The molecule has 2 atom stereocenters. The number of likely N-dealkylation sites (tertiary alicyclic amines) is 1. The summed E-state index contributed by atoms with van der Waals surface area (Å²) in [4.78, 5) is 6.97. The fourth-order valence-corrected chi connectivity index (χ4v) is 5.78. The maximum absolute atomic E-state index is 6.26. The van der Waals surface area contributed by atoms with Crippen molar-refractivity contribution >= 4 is 11.8 Å².